The number of H-pyrrole nitrogens is 1. The average Bonchev–Trinajstić information content (AvgIpc) is 2.64. The summed E-state index contributed by atoms with van der Waals surface area (Å²) in [5.41, 5.74) is 0.883. The number of nitrogens with zero attached hydrogens (tertiary/aromatic N) is 2. The number of rotatable bonds is 2. The monoisotopic (exact) mass is 195 g/mol. The van der Waals surface area contributed by atoms with Gasteiger partial charge >= 0.3 is 0 Å². The van der Waals surface area contributed by atoms with Crippen molar-refractivity contribution in [2.75, 3.05) is 0 Å². The van der Waals surface area contributed by atoms with Crippen LogP contribution >= 0.6 is 12.2 Å². The molecule has 68 valence electrons. The Morgan fingerprint density at radius 2 is 2.54 bits per heavy atom. The number of hydrogen-bond acceptors (Lipinski definition) is 3. The minimum atomic E-state index is 0.652. The molecule has 2 rings (SSSR count). The molecule has 0 aromatic carbocycles. The topological polar surface area (TPSA) is 46.8 Å². The molecule has 1 N–H and O–H groups in total. The molecule has 0 amide bonds. The average molecular weight is 195 g/mol. The maximum Gasteiger partial charge on any atom is 0.177 e. The molecule has 0 unspecified atom stereocenters. The third-order valence-corrected chi connectivity index (χ3v) is 2.08. The van der Waals surface area contributed by atoms with Crippen LogP contribution in [0.3, 0.4) is 0 Å². The Hall–Kier alpha value is -1.36. The third kappa shape index (κ3) is 1.70. The molecular formula is C8H9N3OS. The summed E-state index contributed by atoms with van der Waals surface area (Å²) < 4.78 is 7.54. The molecule has 0 saturated heterocycles. The lowest BCUT2D eigenvalue weighted by Crippen LogP contribution is -1.97. The van der Waals surface area contributed by atoms with E-state index in [4.69, 9.17) is 16.7 Å². The number of nitrogens with one attached hydrogen (secondary N) is 1. The lowest BCUT2D eigenvalue weighted by atomic mass is 10.4. The number of imidazole rings is 1. The van der Waals surface area contributed by atoms with Gasteiger partial charge in [0.25, 0.3) is 0 Å². The molecule has 0 bridgehead atoms. The molecule has 4 nitrogen and oxygen atoms in total. The van der Waals surface area contributed by atoms with Gasteiger partial charge in [-0.15, -0.1) is 0 Å². The highest BCUT2D eigenvalue weighted by molar-refractivity contribution is 7.71. The molecule has 2 aromatic heterocycles. The Balaban J connectivity index is 2.24. The van der Waals surface area contributed by atoms with E-state index in [1.54, 1.807) is 6.20 Å². The molecule has 0 radical (unpaired) electrons. The van der Waals surface area contributed by atoms with Crippen molar-refractivity contribution in [2.24, 2.45) is 0 Å². The number of aryl methyl sites for hydroxylation is 1. The van der Waals surface area contributed by atoms with Crippen LogP contribution in [0.2, 0.25) is 0 Å². The fraction of sp³-hybridized carbons (Fsp3) is 0.250. The van der Waals surface area contributed by atoms with Crippen molar-refractivity contribution in [1.29, 1.82) is 0 Å². The second-order valence-electron chi connectivity index (χ2n) is 2.82. The Bertz CT molecular complexity index is 454. The van der Waals surface area contributed by atoms with E-state index in [0.29, 0.717) is 11.3 Å². The molecule has 0 spiro atoms. The van der Waals surface area contributed by atoms with Gasteiger partial charge in [0.2, 0.25) is 0 Å². The van der Waals surface area contributed by atoms with Gasteiger partial charge in [-0.25, -0.2) is 0 Å². The minimum Gasteiger partial charge on any atom is -0.361 e. The van der Waals surface area contributed by atoms with Gasteiger partial charge in [-0.05, 0) is 19.1 Å². The van der Waals surface area contributed by atoms with Gasteiger partial charge in [-0.3, -0.25) is 0 Å². The first-order chi connectivity index (χ1) is 6.25. The number of aromatic nitrogens is 3. The minimum absolute atomic E-state index is 0.652. The Morgan fingerprint density at radius 1 is 1.69 bits per heavy atom. The van der Waals surface area contributed by atoms with Crippen LogP contribution in [-0.4, -0.2) is 14.7 Å². The quantitative estimate of drug-likeness (QED) is 0.744. The maximum absolute atomic E-state index is 5.04. The van der Waals surface area contributed by atoms with Crippen molar-refractivity contribution in [3.63, 3.8) is 0 Å². The summed E-state index contributed by atoms with van der Waals surface area (Å²) in [6.45, 7) is 2.52. The normalized spacial score (nSPS) is 10.5. The summed E-state index contributed by atoms with van der Waals surface area (Å²) in [7, 11) is 0. The first-order valence-electron chi connectivity index (χ1n) is 3.92. The van der Waals surface area contributed by atoms with Crippen molar-refractivity contribution in [2.45, 2.75) is 13.5 Å². The van der Waals surface area contributed by atoms with E-state index < -0.39 is 0 Å². The molecule has 0 aliphatic rings. The molecule has 0 aliphatic carbocycles. The highest BCUT2D eigenvalue weighted by Crippen LogP contribution is 2.04. The van der Waals surface area contributed by atoms with Crippen LogP contribution in [0.15, 0.2) is 23.0 Å². The van der Waals surface area contributed by atoms with Crippen LogP contribution in [0.4, 0.5) is 0 Å². The Labute approximate surface area is 80.2 Å². The Morgan fingerprint density at radius 3 is 3.08 bits per heavy atom. The van der Waals surface area contributed by atoms with Crippen molar-refractivity contribution >= 4 is 12.2 Å². The smallest absolute Gasteiger partial charge is 0.177 e. The van der Waals surface area contributed by atoms with Crippen LogP contribution in [0.5, 0.6) is 0 Å². The zero-order valence-corrected chi connectivity index (χ0v) is 7.97. The predicted molar refractivity (Wildman–Crippen MR) is 50.0 cm³/mol. The Kier molecular flexibility index (Phi) is 2.02. The second-order valence-corrected chi connectivity index (χ2v) is 3.21. The van der Waals surface area contributed by atoms with Gasteiger partial charge in [0, 0.05) is 18.5 Å². The fourth-order valence-corrected chi connectivity index (χ4v) is 1.33. The fourth-order valence-electron chi connectivity index (χ4n) is 1.14. The van der Waals surface area contributed by atoms with Crippen molar-refractivity contribution in [3.05, 3.63) is 34.7 Å². The zero-order valence-electron chi connectivity index (χ0n) is 7.15. The van der Waals surface area contributed by atoms with E-state index in [2.05, 4.69) is 10.1 Å². The molecule has 0 saturated carbocycles. The number of hydrogen-bond donors (Lipinski definition) is 1. The molecule has 0 fully saturated rings. The van der Waals surface area contributed by atoms with Crippen molar-refractivity contribution < 1.29 is 4.52 Å². The highest BCUT2D eigenvalue weighted by Gasteiger charge is 2.01. The van der Waals surface area contributed by atoms with E-state index in [9.17, 15) is 0 Å². The third-order valence-electron chi connectivity index (χ3n) is 1.73. The molecule has 0 atom stereocenters. The second kappa shape index (κ2) is 3.18. The lowest BCUT2D eigenvalue weighted by Gasteiger charge is -1.95. The van der Waals surface area contributed by atoms with E-state index in [-0.39, 0.29) is 0 Å². The van der Waals surface area contributed by atoms with Gasteiger partial charge < -0.3 is 14.1 Å². The molecule has 0 aliphatic heterocycles. The van der Waals surface area contributed by atoms with Gasteiger partial charge in [-0.1, -0.05) is 5.16 Å². The van der Waals surface area contributed by atoms with Gasteiger partial charge in [0.05, 0.1) is 6.54 Å². The van der Waals surface area contributed by atoms with Gasteiger partial charge in [0.15, 0.2) is 4.77 Å². The first-order valence-corrected chi connectivity index (χ1v) is 4.32. The molecule has 13 heavy (non-hydrogen) atoms. The summed E-state index contributed by atoms with van der Waals surface area (Å²) in [5, 5.41) is 3.88. The summed E-state index contributed by atoms with van der Waals surface area (Å²) in [4.78, 5) is 2.92. The van der Waals surface area contributed by atoms with E-state index >= 15 is 0 Å². The van der Waals surface area contributed by atoms with Gasteiger partial charge in [-0.2, -0.15) is 0 Å². The predicted octanol–water partition coefficient (Wildman–Crippen LogP) is 1.89. The van der Waals surface area contributed by atoms with Crippen LogP contribution in [0.1, 0.15) is 11.5 Å². The van der Waals surface area contributed by atoms with E-state index in [1.165, 1.54) is 0 Å². The van der Waals surface area contributed by atoms with Crippen molar-refractivity contribution in [1.82, 2.24) is 14.7 Å². The number of aromatic amines is 1. The lowest BCUT2D eigenvalue weighted by molar-refractivity contribution is 0.389. The van der Waals surface area contributed by atoms with Crippen LogP contribution in [-0.2, 0) is 6.54 Å². The van der Waals surface area contributed by atoms with Crippen molar-refractivity contribution in [3.8, 4) is 0 Å². The van der Waals surface area contributed by atoms with Crippen LogP contribution in [0.25, 0.3) is 0 Å². The summed E-state index contributed by atoms with van der Waals surface area (Å²) in [5.74, 6) is 0.817. The zero-order chi connectivity index (χ0) is 9.26. The molecule has 2 aromatic rings. The molecular weight excluding hydrogens is 186 g/mol. The standard InChI is InChI=1S/C8H9N3OS/c1-6-4-7(10-12-6)5-11-3-2-9-8(11)13/h2-4H,5H2,1H3,(H,9,13). The van der Waals surface area contributed by atoms with E-state index in [0.717, 1.165) is 11.5 Å². The largest absolute Gasteiger partial charge is 0.361 e. The molecule has 5 heteroatoms. The SMILES string of the molecule is Cc1cc(Cn2cc[nH]c2=S)no1. The summed E-state index contributed by atoms with van der Waals surface area (Å²) in [6.07, 6.45) is 3.68. The maximum atomic E-state index is 5.04. The summed E-state index contributed by atoms with van der Waals surface area (Å²) in [6, 6.07) is 1.90. The highest BCUT2D eigenvalue weighted by atomic mass is 32.1. The van der Waals surface area contributed by atoms with E-state index in [1.807, 2.05) is 23.8 Å². The van der Waals surface area contributed by atoms with Crippen LogP contribution in [0, 0.1) is 11.7 Å². The summed E-state index contributed by atoms with van der Waals surface area (Å²) >= 11 is 5.04. The van der Waals surface area contributed by atoms with Crippen LogP contribution < -0.4 is 0 Å². The first kappa shape index (κ1) is 8.25. The van der Waals surface area contributed by atoms with Gasteiger partial charge in [0.1, 0.15) is 11.5 Å². The molecule has 2 heterocycles.